The normalized spacial score (nSPS) is 15.6. The van der Waals surface area contributed by atoms with E-state index in [4.69, 9.17) is 14.2 Å². The highest BCUT2D eigenvalue weighted by Gasteiger charge is 2.48. The van der Waals surface area contributed by atoms with Crippen LogP contribution < -0.4 is 14.4 Å². The lowest BCUT2D eigenvalue weighted by atomic mass is 9.95. The molecule has 4 aromatic rings. The topological polar surface area (TPSA) is 115 Å². The van der Waals surface area contributed by atoms with Crippen LogP contribution in [0.2, 0.25) is 0 Å². The molecule has 0 bridgehead atoms. The molecule has 2 heterocycles. The number of nitrogens with zero attached hydrogens (tertiary/aromatic N) is 2. The van der Waals surface area contributed by atoms with Crippen molar-refractivity contribution in [1.29, 1.82) is 0 Å². The zero-order valence-corrected chi connectivity index (χ0v) is 25.9. The summed E-state index contributed by atoms with van der Waals surface area (Å²) in [5.41, 5.74) is 2.87. The summed E-state index contributed by atoms with van der Waals surface area (Å²) in [6.45, 7) is 9.72. The number of aliphatic hydroxyl groups is 1. The van der Waals surface area contributed by atoms with E-state index in [1.165, 1.54) is 11.0 Å². The summed E-state index contributed by atoms with van der Waals surface area (Å²) < 4.78 is 16.7. The predicted octanol–water partition coefficient (Wildman–Crippen LogP) is 6.71. The van der Waals surface area contributed by atoms with E-state index in [9.17, 15) is 19.5 Å². The zero-order chi connectivity index (χ0) is 32.1. The standard InChI is InChI=1S/C35H32N2O7S/c1-5-18-43-34(41)32-22(4)36-35(45-32)37-29(24-12-15-26(16-13-24)42-6-2)28(31(39)33(37)40)30(38)25-14-17-27(21(3)19-25)44-20-23-10-8-7-9-11-23/h5,7-17,19,29,38H,1,6,18,20H2,2-4H3. The van der Waals surface area contributed by atoms with Gasteiger partial charge in [-0.05, 0) is 67.8 Å². The van der Waals surface area contributed by atoms with Gasteiger partial charge in [0.2, 0.25) is 0 Å². The van der Waals surface area contributed by atoms with Gasteiger partial charge in [0.1, 0.15) is 35.3 Å². The summed E-state index contributed by atoms with van der Waals surface area (Å²) in [7, 11) is 0. The van der Waals surface area contributed by atoms with E-state index in [0.29, 0.717) is 41.5 Å². The summed E-state index contributed by atoms with van der Waals surface area (Å²) in [6.07, 6.45) is 1.45. The number of benzene rings is 3. The van der Waals surface area contributed by atoms with Crippen LogP contribution in [0.1, 0.15) is 50.6 Å². The first-order valence-corrected chi connectivity index (χ1v) is 15.1. The molecule has 1 aliphatic rings. The van der Waals surface area contributed by atoms with Crippen LogP contribution in [0.5, 0.6) is 11.5 Å². The molecule has 5 rings (SSSR count). The molecule has 3 aromatic carbocycles. The number of Topliss-reactive ketones (excluding diaryl/α,β-unsaturated/α-hetero) is 1. The van der Waals surface area contributed by atoms with E-state index in [0.717, 1.165) is 22.5 Å². The number of aryl methyl sites for hydroxylation is 2. The lowest BCUT2D eigenvalue weighted by Crippen LogP contribution is -2.29. The van der Waals surface area contributed by atoms with E-state index in [1.54, 1.807) is 49.4 Å². The number of aliphatic hydroxyl groups excluding tert-OH is 1. The Hall–Kier alpha value is -5.22. The van der Waals surface area contributed by atoms with Crippen LogP contribution in [0.3, 0.4) is 0 Å². The summed E-state index contributed by atoms with van der Waals surface area (Å²) in [6, 6.07) is 20.7. The lowest BCUT2D eigenvalue weighted by molar-refractivity contribution is -0.132. The molecule has 1 saturated heterocycles. The van der Waals surface area contributed by atoms with Crippen molar-refractivity contribution in [2.24, 2.45) is 0 Å². The minimum Gasteiger partial charge on any atom is -0.507 e. The van der Waals surface area contributed by atoms with Crippen molar-refractivity contribution in [2.75, 3.05) is 18.1 Å². The average molecular weight is 625 g/mol. The van der Waals surface area contributed by atoms with Crippen molar-refractivity contribution >= 4 is 39.9 Å². The van der Waals surface area contributed by atoms with Crippen molar-refractivity contribution in [1.82, 2.24) is 4.98 Å². The number of ether oxygens (including phenoxy) is 3. The highest BCUT2D eigenvalue weighted by atomic mass is 32.1. The van der Waals surface area contributed by atoms with Gasteiger partial charge >= 0.3 is 11.9 Å². The van der Waals surface area contributed by atoms with Gasteiger partial charge in [0, 0.05) is 5.56 Å². The Morgan fingerprint density at radius 2 is 1.78 bits per heavy atom. The highest BCUT2D eigenvalue weighted by Crippen LogP contribution is 2.44. The van der Waals surface area contributed by atoms with E-state index in [1.807, 2.05) is 44.2 Å². The molecule has 0 aliphatic carbocycles. The maximum atomic E-state index is 13.7. The molecule has 230 valence electrons. The fraction of sp³-hybridized carbons (Fsp3) is 0.200. The zero-order valence-electron chi connectivity index (χ0n) is 25.1. The fourth-order valence-electron chi connectivity index (χ4n) is 4.98. The van der Waals surface area contributed by atoms with Crippen LogP contribution in [-0.2, 0) is 20.9 Å². The van der Waals surface area contributed by atoms with E-state index >= 15 is 0 Å². The molecule has 1 N–H and O–H groups in total. The quantitative estimate of drug-likeness (QED) is 0.0644. The van der Waals surface area contributed by atoms with Crippen molar-refractivity contribution in [3.05, 3.63) is 124 Å². The number of ketones is 1. The number of thiazole rings is 1. The lowest BCUT2D eigenvalue weighted by Gasteiger charge is -2.23. The minimum absolute atomic E-state index is 0.0116. The highest BCUT2D eigenvalue weighted by molar-refractivity contribution is 7.17. The molecule has 9 nitrogen and oxygen atoms in total. The van der Waals surface area contributed by atoms with Crippen LogP contribution in [0, 0.1) is 13.8 Å². The number of esters is 1. The van der Waals surface area contributed by atoms with Gasteiger partial charge in [0.05, 0.1) is 23.9 Å². The molecule has 0 saturated carbocycles. The van der Waals surface area contributed by atoms with E-state index in [-0.39, 0.29) is 27.9 Å². The summed E-state index contributed by atoms with van der Waals surface area (Å²) >= 11 is 0.936. The number of carbonyl (C=O) groups excluding carboxylic acids is 3. The number of hydrogen-bond donors (Lipinski definition) is 1. The van der Waals surface area contributed by atoms with Gasteiger partial charge in [-0.15, -0.1) is 0 Å². The minimum atomic E-state index is -1.03. The van der Waals surface area contributed by atoms with Crippen molar-refractivity contribution < 1.29 is 33.7 Å². The molecule has 1 amide bonds. The van der Waals surface area contributed by atoms with Crippen LogP contribution in [0.4, 0.5) is 5.13 Å². The Bertz CT molecular complexity index is 1780. The number of carbonyl (C=O) groups is 3. The molecule has 1 aliphatic heterocycles. The molecule has 1 atom stereocenters. The average Bonchev–Trinajstić information content (AvgIpc) is 3.55. The van der Waals surface area contributed by atoms with Gasteiger partial charge in [0.15, 0.2) is 5.13 Å². The molecular weight excluding hydrogens is 592 g/mol. The van der Waals surface area contributed by atoms with Gasteiger partial charge in [-0.25, -0.2) is 9.78 Å². The van der Waals surface area contributed by atoms with Gasteiger partial charge in [-0.1, -0.05) is 66.5 Å². The molecule has 45 heavy (non-hydrogen) atoms. The van der Waals surface area contributed by atoms with Crippen LogP contribution >= 0.6 is 11.3 Å². The Kier molecular flexibility index (Phi) is 9.44. The first-order valence-electron chi connectivity index (χ1n) is 14.3. The van der Waals surface area contributed by atoms with Crippen molar-refractivity contribution in [3.8, 4) is 11.5 Å². The molecule has 10 heteroatoms. The second kappa shape index (κ2) is 13.6. The number of anilines is 1. The van der Waals surface area contributed by atoms with Crippen LogP contribution in [-0.4, -0.2) is 41.0 Å². The molecule has 0 radical (unpaired) electrons. The van der Waals surface area contributed by atoms with Crippen LogP contribution in [0.25, 0.3) is 5.76 Å². The number of rotatable bonds is 11. The molecule has 1 aromatic heterocycles. The number of amides is 1. The first kappa shape index (κ1) is 31.2. The van der Waals surface area contributed by atoms with Crippen molar-refractivity contribution in [3.63, 3.8) is 0 Å². The molecule has 1 unspecified atom stereocenters. The Balaban J connectivity index is 1.56. The summed E-state index contributed by atoms with van der Waals surface area (Å²) in [4.78, 5) is 45.8. The van der Waals surface area contributed by atoms with Gasteiger partial charge in [0.25, 0.3) is 5.78 Å². The Labute approximate surface area is 265 Å². The number of aromatic nitrogens is 1. The summed E-state index contributed by atoms with van der Waals surface area (Å²) in [5.74, 6) is -1.49. The van der Waals surface area contributed by atoms with Gasteiger partial charge in [-0.2, -0.15) is 0 Å². The van der Waals surface area contributed by atoms with Crippen molar-refractivity contribution in [2.45, 2.75) is 33.4 Å². The third kappa shape index (κ3) is 6.51. The van der Waals surface area contributed by atoms with E-state index in [2.05, 4.69) is 11.6 Å². The Morgan fingerprint density at radius 3 is 2.44 bits per heavy atom. The molecular formula is C35H32N2O7S. The SMILES string of the molecule is C=CCOC(=O)c1sc(N2C(=O)C(=O)C(=C(O)c3ccc(OCc4ccccc4)c(C)c3)C2c2ccc(OCC)cc2)nc1C. The largest absolute Gasteiger partial charge is 0.507 e. The Morgan fingerprint density at radius 1 is 1.04 bits per heavy atom. The maximum absolute atomic E-state index is 13.7. The predicted molar refractivity (Wildman–Crippen MR) is 172 cm³/mol. The third-order valence-electron chi connectivity index (χ3n) is 7.15. The molecule has 1 fully saturated rings. The second-order valence-corrected chi connectivity index (χ2v) is 11.2. The van der Waals surface area contributed by atoms with E-state index < -0.39 is 23.7 Å². The first-order chi connectivity index (χ1) is 21.7. The smallest absolute Gasteiger partial charge is 0.350 e. The maximum Gasteiger partial charge on any atom is 0.350 e. The second-order valence-electron chi connectivity index (χ2n) is 10.2. The third-order valence-corrected chi connectivity index (χ3v) is 8.28. The monoisotopic (exact) mass is 624 g/mol. The van der Waals surface area contributed by atoms with Crippen LogP contribution in [0.15, 0.2) is 91.0 Å². The van der Waals surface area contributed by atoms with Gasteiger partial charge in [-0.3, -0.25) is 14.5 Å². The number of hydrogen-bond acceptors (Lipinski definition) is 9. The fourth-order valence-corrected chi connectivity index (χ4v) is 5.97. The summed E-state index contributed by atoms with van der Waals surface area (Å²) in [5, 5.41) is 11.7. The molecule has 0 spiro atoms. The van der Waals surface area contributed by atoms with Gasteiger partial charge < -0.3 is 19.3 Å².